The van der Waals surface area contributed by atoms with Crippen molar-refractivity contribution in [1.82, 2.24) is 15.5 Å². The van der Waals surface area contributed by atoms with Crippen LogP contribution in [0.3, 0.4) is 0 Å². The van der Waals surface area contributed by atoms with Crippen LogP contribution < -0.4 is 5.32 Å². The number of hydrogen-bond donors (Lipinski definition) is 1. The number of rotatable bonds is 7. The molecule has 1 N–H and O–H groups in total. The number of hydrogen-bond acceptors (Lipinski definition) is 5. The molecule has 1 unspecified atom stereocenters. The molecular formula is C14H25N3O2. The van der Waals surface area contributed by atoms with Crippen LogP contribution in [0.4, 0.5) is 0 Å². The third-order valence-electron chi connectivity index (χ3n) is 3.74. The van der Waals surface area contributed by atoms with Gasteiger partial charge in [-0.15, -0.1) is 0 Å². The Balaban J connectivity index is 2.06. The predicted molar refractivity (Wildman–Crippen MR) is 72.9 cm³/mol. The summed E-state index contributed by atoms with van der Waals surface area (Å²) in [6, 6.07) is 0.352. The molecule has 0 amide bonds. The minimum absolute atomic E-state index is 0.294. The second-order valence-corrected chi connectivity index (χ2v) is 5.31. The molecule has 1 atom stereocenters. The van der Waals surface area contributed by atoms with Gasteiger partial charge in [-0.25, -0.2) is 0 Å². The van der Waals surface area contributed by atoms with Gasteiger partial charge in [0.1, 0.15) is 5.60 Å². The average Bonchev–Trinajstić information content (AvgIpc) is 3.00. The van der Waals surface area contributed by atoms with Crippen molar-refractivity contribution in [3.8, 4) is 0 Å². The number of ether oxygens (including phenoxy) is 1. The molecule has 1 fully saturated rings. The van der Waals surface area contributed by atoms with E-state index in [0.717, 1.165) is 31.6 Å². The van der Waals surface area contributed by atoms with Crippen LogP contribution in [0.25, 0.3) is 0 Å². The molecule has 0 saturated heterocycles. The quantitative estimate of drug-likeness (QED) is 0.822. The van der Waals surface area contributed by atoms with Crippen molar-refractivity contribution in [2.45, 2.75) is 64.5 Å². The SMILES string of the molecule is CCNC(C)Cc1nc(C2(OCC)CCCC2)no1. The third-order valence-corrected chi connectivity index (χ3v) is 3.74. The molecule has 5 heteroatoms. The van der Waals surface area contributed by atoms with Crippen LogP contribution in [0, 0.1) is 0 Å². The lowest BCUT2D eigenvalue weighted by molar-refractivity contribution is -0.0469. The van der Waals surface area contributed by atoms with Gasteiger partial charge < -0.3 is 14.6 Å². The van der Waals surface area contributed by atoms with Gasteiger partial charge in [-0.2, -0.15) is 4.98 Å². The zero-order chi connectivity index (χ0) is 13.7. The molecule has 1 saturated carbocycles. The molecule has 1 heterocycles. The fourth-order valence-corrected chi connectivity index (χ4v) is 2.86. The van der Waals surface area contributed by atoms with Crippen LogP contribution in [0.2, 0.25) is 0 Å². The van der Waals surface area contributed by atoms with Gasteiger partial charge in [-0.3, -0.25) is 0 Å². The van der Waals surface area contributed by atoms with Crippen LogP contribution in [0.15, 0.2) is 4.52 Å². The van der Waals surface area contributed by atoms with E-state index in [1.807, 2.05) is 6.92 Å². The van der Waals surface area contributed by atoms with Gasteiger partial charge in [0.15, 0.2) is 0 Å². The van der Waals surface area contributed by atoms with E-state index in [1.165, 1.54) is 12.8 Å². The summed E-state index contributed by atoms with van der Waals surface area (Å²) in [4.78, 5) is 4.56. The number of nitrogens with one attached hydrogen (secondary N) is 1. The maximum atomic E-state index is 5.94. The van der Waals surface area contributed by atoms with Crippen molar-refractivity contribution in [2.24, 2.45) is 0 Å². The lowest BCUT2D eigenvalue weighted by atomic mass is 10.0. The molecule has 5 nitrogen and oxygen atoms in total. The van der Waals surface area contributed by atoms with Crippen LogP contribution in [0.1, 0.15) is 58.2 Å². The molecule has 1 aliphatic carbocycles. The van der Waals surface area contributed by atoms with Gasteiger partial charge in [-0.05, 0) is 46.1 Å². The Hall–Kier alpha value is -0.940. The summed E-state index contributed by atoms with van der Waals surface area (Å²) in [6.45, 7) is 7.89. The first kappa shape index (κ1) is 14.5. The van der Waals surface area contributed by atoms with Crippen molar-refractivity contribution in [3.63, 3.8) is 0 Å². The maximum Gasteiger partial charge on any atom is 0.228 e. The zero-order valence-corrected chi connectivity index (χ0v) is 12.2. The Morgan fingerprint density at radius 1 is 1.37 bits per heavy atom. The minimum atomic E-state index is -0.294. The fourth-order valence-electron chi connectivity index (χ4n) is 2.86. The van der Waals surface area contributed by atoms with Crippen molar-refractivity contribution >= 4 is 0 Å². The predicted octanol–water partition coefficient (Wildman–Crippen LogP) is 2.42. The Kier molecular flexibility index (Phi) is 4.93. The Morgan fingerprint density at radius 3 is 2.74 bits per heavy atom. The summed E-state index contributed by atoms with van der Waals surface area (Å²) in [5, 5.41) is 7.51. The topological polar surface area (TPSA) is 60.2 Å². The maximum absolute atomic E-state index is 5.94. The summed E-state index contributed by atoms with van der Waals surface area (Å²) in [6.07, 6.45) is 5.13. The lowest BCUT2D eigenvalue weighted by Gasteiger charge is -2.24. The van der Waals surface area contributed by atoms with E-state index in [2.05, 4.69) is 29.3 Å². The van der Waals surface area contributed by atoms with Gasteiger partial charge in [0.2, 0.25) is 11.7 Å². The van der Waals surface area contributed by atoms with Gasteiger partial charge >= 0.3 is 0 Å². The Bertz CT molecular complexity index is 386. The molecular weight excluding hydrogens is 242 g/mol. The third kappa shape index (κ3) is 3.34. The summed E-state index contributed by atoms with van der Waals surface area (Å²) < 4.78 is 11.3. The molecule has 1 aromatic heterocycles. The lowest BCUT2D eigenvalue weighted by Crippen LogP contribution is -2.29. The normalized spacial score (nSPS) is 19.7. The first-order valence-corrected chi connectivity index (χ1v) is 7.40. The summed E-state index contributed by atoms with van der Waals surface area (Å²) in [5.41, 5.74) is -0.294. The van der Waals surface area contributed by atoms with Crippen molar-refractivity contribution in [1.29, 1.82) is 0 Å². The molecule has 2 rings (SSSR count). The van der Waals surface area contributed by atoms with Crippen LogP contribution in [-0.2, 0) is 16.8 Å². The molecule has 0 bridgehead atoms. The highest BCUT2D eigenvalue weighted by molar-refractivity contribution is 5.05. The average molecular weight is 267 g/mol. The van der Waals surface area contributed by atoms with Crippen LogP contribution in [-0.4, -0.2) is 29.3 Å². The summed E-state index contributed by atoms with van der Waals surface area (Å²) in [7, 11) is 0. The summed E-state index contributed by atoms with van der Waals surface area (Å²) >= 11 is 0. The fraction of sp³-hybridized carbons (Fsp3) is 0.857. The van der Waals surface area contributed by atoms with Gasteiger partial charge in [0, 0.05) is 19.1 Å². The summed E-state index contributed by atoms with van der Waals surface area (Å²) in [5.74, 6) is 1.44. The van der Waals surface area contributed by atoms with E-state index in [4.69, 9.17) is 9.26 Å². The van der Waals surface area contributed by atoms with Crippen LogP contribution >= 0.6 is 0 Å². The largest absolute Gasteiger partial charge is 0.367 e. The van der Waals surface area contributed by atoms with Gasteiger partial charge in [0.25, 0.3) is 0 Å². The molecule has 0 aliphatic heterocycles. The number of aromatic nitrogens is 2. The standard InChI is InChI=1S/C14H25N3O2/c1-4-15-11(3)10-12-16-13(17-19-12)14(18-5-2)8-6-7-9-14/h11,15H,4-10H2,1-3H3. The van der Waals surface area contributed by atoms with E-state index < -0.39 is 0 Å². The minimum Gasteiger partial charge on any atom is -0.367 e. The number of nitrogens with zero attached hydrogens (tertiary/aromatic N) is 2. The number of likely N-dealkylation sites (N-methyl/N-ethyl adjacent to an activating group) is 1. The van der Waals surface area contributed by atoms with E-state index in [9.17, 15) is 0 Å². The first-order valence-electron chi connectivity index (χ1n) is 7.40. The smallest absolute Gasteiger partial charge is 0.228 e. The van der Waals surface area contributed by atoms with Crippen molar-refractivity contribution < 1.29 is 9.26 Å². The first-order chi connectivity index (χ1) is 9.20. The molecule has 1 aromatic rings. The van der Waals surface area contributed by atoms with Crippen molar-refractivity contribution in [2.75, 3.05) is 13.2 Å². The van der Waals surface area contributed by atoms with E-state index in [1.54, 1.807) is 0 Å². The van der Waals surface area contributed by atoms with Gasteiger partial charge in [0.05, 0.1) is 0 Å². The van der Waals surface area contributed by atoms with Crippen molar-refractivity contribution in [3.05, 3.63) is 11.7 Å². The Morgan fingerprint density at radius 2 is 2.11 bits per heavy atom. The molecule has 108 valence electrons. The highest BCUT2D eigenvalue weighted by atomic mass is 16.5. The van der Waals surface area contributed by atoms with E-state index in [0.29, 0.717) is 18.5 Å². The van der Waals surface area contributed by atoms with Crippen LogP contribution in [0.5, 0.6) is 0 Å². The second-order valence-electron chi connectivity index (χ2n) is 5.31. The molecule has 0 aromatic carbocycles. The molecule has 0 spiro atoms. The molecule has 19 heavy (non-hydrogen) atoms. The Labute approximate surface area is 115 Å². The second kappa shape index (κ2) is 6.48. The highest BCUT2D eigenvalue weighted by Gasteiger charge is 2.40. The molecule has 0 radical (unpaired) electrons. The monoisotopic (exact) mass is 267 g/mol. The molecule has 1 aliphatic rings. The highest BCUT2D eigenvalue weighted by Crippen LogP contribution is 2.40. The zero-order valence-electron chi connectivity index (χ0n) is 12.2. The van der Waals surface area contributed by atoms with Gasteiger partial charge in [-0.1, -0.05) is 12.1 Å². The van der Waals surface area contributed by atoms with E-state index >= 15 is 0 Å². The van der Waals surface area contributed by atoms with E-state index in [-0.39, 0.29) is 5.60 Å².